The van der Waals surface area contributed by atoms with Crippen LogP contribution < -0.4 is 20.1 Å². The smallest absolute Gasteiger partial charge is 0.211 e. The van der Waals surface area contributed by atoms with Crippen LogP contribution in [0.3, 0.4) is 0 Å². The average molecular weight is 498 g/mol. The molecule has 3 N–H and O–H groups in total. The van der Waals surface area contributed by atoms with Gasteiger partial charge in [0.15, 0.2) is 5.96 Å². The van der Waals surface area contributed by atoms with Gasteiger partial charge in [0, 0.05) is 19.6 Å². The molecule has 26 heavy (non-hydrogen) atoms. The lowest BCUT2D eigenvalue weighted by Gasteiger charge is -2.15. The molecular weight excluding hydrogens is 467 g/mol. The van der Waals surface area contributed by atoms with Gasteiger partial charge in [-0.1, -0.05) is 12.1 Å². The molecule has 7 nitrogen and oxygen atoms in total. The van der Waals surface area contributed by atoms with Crippen molar-refractivity contribution in [2.75, 3.05) is 31.9 Å². The van der Waals surface area contributed by atoms with Gasteiger partial charge in [-0.3, -0.25) is 0 Å². The van der Waals surface area contributed by atoms with Crippen molar-refractivity contribution in [1.29, 1.82) is 0 Å². The molecule has 0 spiro atoms. The van der Waals surface area contributed by atoms with E-state index in [1.165, 1.54) is 0 Å². The minimum absolute atomic E-state index is 0. The van der Waals surface area contributed by atoms with Crippen LogP contribution in [0.4, 0.5) is 0 Å². The number of aliphatic imine (C=N–C) groups is 1. The fraction of sp³-hybridized carbons (Fsp3) is 0.588. The summed E-state index contributed by atoms with van der Waals surface area (Å²) in [5, 5.41) is 6.23. The first-order chi connectivity index (χ1) is 11.9. The fourth-order valence-electron chi connectivity index (χ4n) is 2.01. The summed E-state index contributed by atoms with van der Waals surface area (Å²) in [6.07, 6.45) is -0.0733. The van der Waals surface area contributed by atoms with Gasteiger partial charge in [-0.25, -0.2) is 18.1 Å². The molecule has 0 radical (unpaired) electrons. The van der Waals surface area contributed by atoms with E-state index in [1.807, 2.05) is 45.0 Å². The molecule has 0 saturated carbocycles. The van der Waals surface area contributed by atoms with E-state index in [1.54, 1.807) is 6.92 Å². The number of guanidine groups is 1. The van der Waals surface area contributed by atoms with Crippen molar-refractivity contribution in [2.45, 2.75) is 33.8 Å². The number of aryl methyl sites for hydroxylation is 1. The Kier molecular flexibility index (Phi) is 12.6. The SMILES string of the molecule is CCNC(=NCC(C)Oc1cccc(C)c1)NCCNS(=O)(=O)CC.I. The Morgan fingerprint density at radius 2 is 1.96 bits per heavy atom. The van der Waals surface area contributed by atoms with Crippen LogP contribution >= 0.6 is 24.0 Å². The van der Waals surface area contributed by atoms with Crippen molar-refractivity contribution >= 4 is 40.0 Å². The highest BCUT2D eigenvalue weighted by atomic mass is 127. The van der Waals surface area contributed by atoms with Crippen molar-refractivity contribution in [3.63, 3.8) is 0 Å². The van der Waals surface area contributed by atoms with Crippen molar-refractivity contribution in [1.82, 2.24) is 15.4 Å². The molecule has 0 bridgehead atoms. The van der Waals surface area contributed by atoms with E-state index in [9.17, 15) is 8.42 Å². The number of halogens is 1. The van der Waals surface area contributed by atoms with Crippen LogP contribution in [0.25, 0.3) is 0 Å². The molecule has 1 aromatic rings. The number of hydrogen-bond acceptors (Lipinski definition) is 4. The van der Waals surface area contributed by atoms with E-state index < -0.39 is 10.0 Å². The molecule has 1 aromatic carbocycles. The van der Waals surface area contributed by atoms with Gasteiger partial charge in [0.2, 0.25) is 10.0 Å². The number of ether oxygens (including phenoxy) is 1. The molecule has 0 fully saturated rings. The van der Waals surface area contributed by atoms with Crippen LogP contribution in [0.5, 0.6) is 5.75 Å². The highest BCUT2D eigenvalue weighted by Crippen LogP contribution is 2.14. The summed E-state index contributed by atoms with van der Waals surface area (Å²) < 4.78 is 31.1. The first kappa shape index (κ1) is 24.9. The van der Waals surface area contributed by atoms with Crippen LogP contribution in [0.1, 0.15) is 26.3 Å². The number of hydrogen-bond donors (Lipinski definition) is 3. The van der Waals surface area contributed by atoms with Gasteiger partial charge >= 0.3 is 0 Å². The van der Waals surface area contributed by atoms with Crippen LogP contribution in [0.2, 0.25) is 0 Å². The molecule has 0 saturated heterocycles. The third-order valence-corrected chi connectivity index (χ3v) is 4.70. The second kappa shape index (κ2) is 13.2. The summed E-state index contributed by atoms with van der Waals surface area (Å²) in [5.41, 5.74) is 1.15. The third-order valence-electron chi connectivity index (χ3n) is 3.30. The number of nitrogens with one attached hydrogen (secondary N) is 3. The molecule has 1 atom stereocenters. The first-order valence-electron chi connectivity index (χ1n) is 8.59. The standard InChI is InChI=1S/C17H30N4O3S.HI/c1-5-18-17(19-10-11-21-25(22,23)6-2)20-13-15(4)24-16-9-7-8-14(3)12-16;/h7-9,12,15,21H,5-6,10-11,13H2,1-4H3,(H2,18,19,20);1H. The number of sulfonamides is 1. The maximum atomic E-state index is 11.4. The summed E-state index contributed by atoms with van der Waals surface area (Å²) in [7, 11) is -3.16. The highest BCUT2D eigenvalue weighted by Gasteiger charge is 2.06. The topological polar surface area (TPSA) is 91.8 Å². The fourth-order valence-corrected chi connectivity index (χ4v) is 2.63. The van der Waals surface area contributed by atoms with E-state index >= 15 is 0 Å². The predicted molar refractivity (Wildman–Crippen MR) is 118 cm³/mol. The largest absolute Gasteiger partial charge is 0.489 e. The zero-order valence-electron chi connectivity index (χ0n) is 15.9. The summed E-state index contributed by atoms with van der Waals surface area (Å²) in [6.45, 7) is 9.55. The van der Waals surface area contributed by atoms with Crippen molar-refractivity contribution in [3.05, 3.63) is 29.8 Å². The van der Waals surface area contributed by atoms with Crippen LogP contribution in [0, 0.1) is 6.92 Å². The molecule has 1 unspecified atom stereocenters. The first-order valence-corrected chi connectivity index (χ1v) is 10.2. The Balaban J connectivity index is 0.00000625. The molecule has 0 amide bonds. The lowest BCUT2D eigenvalue weighted by molar-refractivity contribution is 0.230. The van der Waals surface area contributed by atoms with E-state index in [0.29, 0.717) is 25.6 Å². The predicted octanol–water partition coefficient (Wildman–Crippen LogP) is 1.87. The van der Waals surface area contributed by atoms with Crippen LogP contribution in [-0.2, 0) is 10.0 Å². The second-order valence-electron chi connectivity index (χ2n) is 5.69. The monoisotopic (exact) mass is 498 g/mol. The molecule has 0 aliphatic rings. The molecule has 0 aromatic heterocycles. The van der Waals surface area contributed by atoms with Gasteiger partial charge in [0.05, 0.1) is 12.3 Å². The lowest BCUT2D eigenvalue weighted by atomic mass is 10.2. The summed E-state index contributed by atoms with van der Waals surface area (Å²) in [4.78, 5) is 4.48. The zero-order valence-corrected chi connectivity index (χ0v) is 19.1. The van der Waals surface area contributed by atoms with E-state index in [-0.39, 0.29) is 35.8 Å². The Labute approximate surface area is 174 Å². The molecular formula is C17H31IN4O3S. The summed E-state index contributed by atoms with van der Waals surface area (Å²) in [6, 6.07) is 7.90. The average Bonchev–Trinajstić information content (AvgIpc) is 2.56. The van der Waals surface area contributed by atoms with E-state index in [4.69, 9.17) is 4.74 Å². The zero-order chi connectivity index (χ0) is 18.7. The quantitative estimate of drug-likeness (QED) is 0.198. The number of benzene rings is 1. The van der Waals surface area contributed by atoms with Gasteiger partial charge in [-0.05, 0) is 45.4 Å². The molecule has 9 heteroatoms. The Morgan fingerprint density at radius 1 is 1.23 bits per heavy atom. The molecule has 1 rings (SSSR count). The Hall–Kier alpha value is -1.07. The molecule has 0 aliphatic heterocycles. The minimum Gasteiger partial charge on any atom is -0.489 e. The number of rotatable bonds is 10. The second-order valence-corrected chi connectivity index (χ2v) is 7.78. The van der Waals surface area contributed by atoms with Gasteiger partial charge in [0.25, 0.3) is 0 Å². The summed E-state index contributed by atoms with van der Waals surface area (Å²) in [5.74, 6) is 1.54. The maximum absolute atomic E-state index is 11.4. The van der Waals surface area contributed by atoms with E-state index in [0.717, 1.165) is 17.9 Å². The van der Waals surface area contributed by atoms with Crippen molar-refractivity contribution < 1.29 is 13.2 Å². The van der Waals surface area contributed by atoms with Gasteiger partial charge in [0.1, 0.15) is 11.9 Å². The lowest BCUT2D eigenvalue weighted by Crippen LogP contribution is -2.42. The van der Waals surface area contributed by atoms with Gasteiger partial charge in [-0.15, -0.1) is 24.0 Å². The van der Waals surface area contributed by atoms with Crippen LogP contribution in [0.15, 0.2) is 29.3 Å². The van der Waals surface area contributed by atoms with E-state index in [2.05, 4.69) is 20.3 Å². The highest BCUT2D eigenvalue weighted by molar-refractivity contribution is 14.0. The maximum Gasteiger partial charge on any atom is 0.211 e. The molecule has 150 valence electrons. The normalized spacial score (nSPS) is 12.8. The molecule has 0 aliphatic carbocycles. The van der Waals surface area contributed by atoms with Crippen molar-refractivity contribution in [2.24, 2.45) is 4.99 Å². The van der Waals surface area contributed by atoms with Crippen LogP contribution in [-0.4, -0.2) is 52.4 Å². The Morgan fingerprint density at radius 3 is 2.58 bits per heavy atom. The van der Waals surface area contributed by atoms with Gasteiger partial charge in [-0.2, -0.15) is 0 Å². The number of nitrogens with zero attached hydrogens (tertiary/aromatic N) is 1. The third kappa shape index (κ3) is 10.8. The summed E-state index contributed by atoms with van der Waals surface area (Å²) >= 11 is 0. The van der Waals surface area contributed by atoms with Gasteiger partial charge < -0.3 is 15.4 Å². The van der Waals surface area contributed by atoms with Crippen molar-refractivity contribution in [3.8, 4) is 5.75 Å². The minimum atomic E-state index is -3.16. The Bertz CT molecular complexity index is 653. The molecule has 0 heterocycles.